The zero-order valence-electron chi connectivity index (χ0n) is 17.5. The summed E-state index contributed by atoms with van der Waals surface area (Å²) in [4.78, 5) is 20.1. The number of anilines is 1. The van der Waals surface area contributed by atoms with Crippen LogP contribution in [0.2, 0.25) is 5.02 Å². The molecule has 14 heteroatoms. The van der Waals surface area contributed by atoms with Gasteiger partial charge in [-0.25, -0.2) is 9.67 Å². The van der Waals surface area contributed by atoms with E-state index in [9.17, 15) is 31.1 Å². The van der Waals surface area contributed by atoms with Gasteiger partial charge in [0, 0.05) is 28.2 Å². The molecule has 184 valence electrons. The Morgan fingerprint density at radius 1 is 1.06 bits per heavy atom. The molecule has 1 amide bonds. The third kappa shape index (κ3) is 3.81. The largest absolute Gasteiger partial charge is 0.434 e. The molecule has 0 atom stereocenters. The summed E-state index contributed by atoms with van der Waals surface area (Å²) in [6.45, 7) is 0. The van der Waals surface area contributed by atoms with Crippen molar-refractivity contribution in [1.29, 1.82) is 0 Å². The van der Waals surface area contributed by atoms with E-state index >= 15 is 0 Å². The fraction of sp³-hybridized carbons (Fsp3) is 0.0909. The van der Waals surface area contributed by atoms with Gasteiger partial charge in [0.25, 0.3) is 5.91 Å². The van der Waals surface area contributed by atoms with E-state index in [-0.39, 0.29) is 16.5 Å². The molecule has 0 saturated carbocycles. The van der Waals surface area contributed by atoms with Crippen LogP contribution in [-0.4, -0.2) is 26.5 Å². The van der Waals surface area contributed by atoms with Crippen molar-refractivity contribution in [3.8, 4) is 5.69 Å². The molecule has 4 aromatic rings. The molecular formula is C22H11ClF6N6O. The number of nitrogens with one attached hydrogen (secondary N) is 1. The Morgan fingerprint density at radius 2 is 1.81 bits per heavy atom. The fourth-order valence-corrected chi connectivity index (χ4v) is 4.16. The van der Waals surface area contributed by atoms with Crippen LogP contribution in [0.5, 0.6) is 0 Å². The van der Waals surface area contributed by atoms with E-state index in [1.807, 2.05) is 5.32 Å². The molecule has 0 radical (unpaired) electrons. The fourth-order valence-electron chi connectivity index (χ4n) is 3.92. The number of alkyl halides is 6. The minimum absolute atomic E-state index is 0.0106. The second-order valence-electron chi connectivity index (χ2n) is 7.65. The maximum Gasteiger partial charge on any atom is 0.434 e. The summed E-state index contributed by atoms with van der Waals surface area (Å²) in [5.41, 5.74) is 2.50. The SMILES string of the molecule is NC1=Nc2c(Cl)cc(-n3ncc(C(=O)Nc4ccnc(C(F)(F)F)c4)c3C(F)(F)F)c3cccc1c23. The molecule has 7 nitrogen and oxygen atoms in total. The van der Waals surface area contributed by atoms with Gasteiger partial charge >= 0.3 is 12.4 Å². The third-order valence-electron chi connectivity index (χ3n) is 5.39. The van der Waals surface area contributed by atoms with Crippen LogP contribution in [-0.2, 0) is 12.4 Å². The van der Waals surface area contributed by atoms with Crippen LogP contribution in [0.25, 0.3) is 16.5 Å². The van der Waals surface area contributed by atoms with E-state index in [0.29, 0.717) is 39.0 Å². The number of benzene rings is 2. The Bertz CT molecular complexity index is 1590. The monoisotopic (exact) mass is 524 g/mol. The first-order valence-electron chi connectivity index (χ1n) is 9.96. The Morgan fingerprint density at radius 3 is 2.50 bits per heavy atom. The summed E-state index contributed by atoms with van der Waals surface area (Å²) in [5.74, 6) is -1.18. The number of hydrogen-bond acceptors (Lipinski definition) is 5. The van der Waals surface area contributed by atoms with Crippen molar-refractivity contribution in [2.45, 2.75) is 12.4 Å². The predicted octanol–water partition coefficient (Wildman–Crippen LogP) is 5.71. The van der Waals surface area contributed by atoms with Crippen LogP contribution >= 0.6 is 11.6 Å². The summed E-state index contributed by atoms with van der Waals surface area (Å²) in [7, 11) is 0. The standard InChI is InChI=1S/C22H11ClF6N6O/c23-13-7-14(10-2-1-3-11-16(10)17(13)34-19(11)30)35-18(22(27,28)29)12(8-32-35)20(36)33-9-4-5-31-15(6-9)21(24,25)26/h1-8H,(H2,30,34)(H,31,33,36). The Labute approximate surface area is 202 Å². The minimum atomic E-state index is -5.08. The molecule has 0 bridgehead atoms. The van der Waals surface area contributed by atoms with Gasteiger partial charge in [-0.05, 0) is 18.2 Å². The lowest BCUT2D eigenvalue weighted by atomic mass is 10.0. The van der Waals surface area contributed by atoms with Crippen LogP contribution in [0.1, 0.15) is 27.3 Å². The summed E-state index contributed by atoms with van der Waals surface area (Å²) in [6.07, 6.45) is -8.45. The first kappa shape index (κ1) is 23.6. The van der Waals surface area contributed by atoms with Crippen molar-refractivity contribution in [3.05, 3.63) is 76.3 Å². The van der Waals surface area contributed by atoms with Crippen LogP contribution in [0.15, 0.2) is 53.8 Å². The molecule has 1 aliphatic rings. The summed E-state index contributed by atoms with van der Waals surface area (Å²) >= 11 is 6.29. The lowest BCUT2D eigenvalue weighted by Crippen LogP contribution is -2.21. The molecule has 0 fully saturated rings. The van der Waals surface area contributed by atoms with Gasteiger partial charge in [-0.15, -0.1) is 0 Å². The van der Waals surface area contributed by atoms with Gasteiger partial charge in [0.15, 0.2) is 5.69 Å². The number of rotatable bonds is 3. The number of aromatic nitrogens is 3. The molecule has 0 unspecified atom stereocenters. The molecule has 3 heterocycles. The quantitative estimate of drug-likeness (QED) is 0.335. The molecule has 5 rings (SSSR count). The van der Waals surface area contributed by atoms with E-state index < -0.39 is 40.9 Å². The number of pyridine rings is 1. The maximum absolute atomic E-state index is 14.2. The average molecular weight is 525 g/mol. The van der Waals surface area contributed by atoms with E-state index in [1.165, 1.54) is 12.1 Å². The van der Waals surface area contributed by atoms with Gasteiger partial charge in [-0.1, -0.05) is 29.8 Å². The summed E-state index contributed by atoms with van der Waals surface area (Å²) in [6, 6.07) is 7.46. The Hall–Kier alpha value is -4.13. The lowest BCUT2D eigenvalue weighted by molar-refractivity contribution is -0.143. The van der Waals surface area contributed by atoms with Gasteiger partial charge in [0.2, 0.25) is 0 Å². The second-order valence-corrected chi connectivity index (χ2v) is 8.06. The zero-order chi connectivity index (χ0) is 26.0. The normalized spacial score (nSPS) is 13.2. The molecule has 1 aliphatic heterocycles. The number of halogens is 7. The number of amides is 1. The highest BCUT2D eigenvalue weighted by Gasteiger charge is 2.41. The molecule has 0 spiro atoms. The van der Waals surface area contributed by atoms with Gasteiger partial charge in [-0.3, -0.25) is 9.78 Å². The van der Waals surface area contributed by atoms with Crippen molar-refractivity contribution in [3.63, 3.8) is 0 Å². The van der Waals surface area contributed by atoms with Crippen molar-refractivity contribution in [2.24, 2.45) is 10.7 Å². The average Bonchev–Trinajstić information content (AvgIpc) is 3.39. The van der Waals surface area contributed by atoms with Gasteiger partial charge in [0.1, 0.15) is 11.5 Å². The molecular weight excluding hydrogens is 514 g/mol. The molecule has 2 aromatic heterocycles. The number of carbonyl (C=O) groups is 1. The smallest absolute Gasteiger partial charge is 0.383 e. The lowest BCUT2D eigenvalue weighted by Gasteiger charge is -2.16. The van der Waals surface area contributed by atoms with Crippen LogP contribution in [0.4, 0.5) is 37.7 Å². The number of carbonyl (C=O) groups excluding carboxylic acids is 1. The molecule has 2 aromatic carbocycles. The van der Waals surface area contributed by atoms with E-state index in [1.54, 1.807) is 12.1 Å². The number of nitrogens with two attached hydrogens (primary N) is 1. The zero-order valence-corrected chi connectivity index (χ0v) is 18.3. The van der Waals surface area contributed by atoms with Crippen LogP contribution < -0.4 is 11.1 Å². The molecule has 0 saturated heterocycles. The highest BCUT2D eigenvalue weighted by atomic mass is 35.5. The summed E-state index contributed by atoms with van der Waals surface area (Å²) < 4.78 is 81.9. The third-order valence-corrected chi connectivity index (χ3v) is 5.68. The predicted molar refractivity (Wildman–Crippen MR) is 119 cm³/mol. The van der Waals surface area contributed by atoms with Crippen molar-refractivity contribution < 1.29 is 31.1 Å². The van der Waals surface area contributed by atoms with E-state index in [0.717, 1.165) is 12.3 Å². The number of hydrogen-bond donors (Lipinski definition) is 2. The van der Waals surface area contributed by atoms with Gasteiger partial charge in [0.05, 0.1) is 28.2 Å². The van der Waals surface area contributed by atoms with Gasteiger partial charge < -0.3 is 11.1 Å². The molecule has 3 N–H and O–H groups in total. The first-order valence-corrected chi connectivity index (χ1v) is 10.3. The van der Waals surface area contributed by atoms with Crippen molar-refractivity contribution in [2.75, 3.05) is 5.32 Å². The van der Waals surface area contributed by atoms with Crippen LogP contribution in [0.3, 0.4) is 0 Å². The first-order chi connectivity index (χ1) is 16.9. The minimum Gasteiger partial charge on any atom is -0.383 e. The second kappa shape index (κ2) is 7.95. The van der Waals surface area contributed by atoms with E-state index in [4.69, 9.17) is 17.3 Å². The van der Waals surface area contributed by atoms with Crippen molar-refractivity contribution >= 4 is 45.5 Å². The highest BCUT2D eigenvalue weighted by Crippen LogP contribution is 2.44. The molecule has 0 aliphatic carbocycles. The number of amidine groups is 1. The Kier molecular flexibility index (Phi) is 5.21. The van der Waals surface area contributed by atoms with E-state index in [2.05, 4.69) is 15.1 Å². The number of nitrogens with zero attached hydrogens (tertiary/aromatic N) is 4. The maximum atomic E-state index is 14.2. The summed E-state index contributed by atoms with van der Waals surface area (Å²) in [5, 5.41) is 6.54. The highest BCUT2D eigenvalue weighted by molar-refractivity contribution is 6.37. The number of aliphatic imine (C=N–C) groups is 1. The van der Waals surface area contributed by atoms with Crippen molar-refractivity contribution in [1.82, 2.24) is 14.8 Å². The topological polar surface area (TPSA) is 98.2 Å². The molecule has 36 heavy (non-hydrogen) atoms. The van der Waals surface area contributed by atoms with Gasteiger partial charge in [-0.2, -0.15) is 31.4 Å². The van der Waals surface area contributed by atoms with Crippen LogP contribution in [0, 0.1) is 0 Å². The Balaban J connectivity index is 1.63.